The number of nitrogens with zero attached hydrogens (tertiary/aromatic N) is 3. The number of hydrogen-bond acceptors (Lipinski definition) is 4. The van der Waals surface area contributed by atoms with Crippen LogP contribution in [-0.4, -0.2) is 15.0 Å². The summed E-state index contributed by atoms with van der Waals surface area (Å²) in [7, 11) is 0. The fourth-order valence-electron chi connectivity index (χ4n) is 1.56. The minimum atomic E-state index is -0.392. The van der Waals surface area contributed by atoms with Crippen molar-refractivity contribution in [3.8, 4) is 11.3 Å². The van der Waals surface area contributed by atoms with E-state index in [0.29, 0.717) is 23.5 Å². The lowest BCUT2D eigenvalue weighted by Gasteiger charge is -2.08. The fraction of sp³-hybridized carbons (Fsp3) is 0.182. The number of nitrogens with two attached hydrogens (primary N) is 1. The van der Waals surface area contributed by atoms with Gasteiger partial charge in [-0.3, -0.25) is 4.98 Å². The maximum Gasteiger partial charge on any atom is 0.142 e. The van der Waals surface area contributed by atoms with Gasteiger partial charge in [-0.2, -0.15) is 0 Å². The predicted octanol–water partition coefficient (Wildman–Crippen LogP) is 1.82. The van der Waals surface area contributed by atoms with Gasteiger partial charge in [-0.1, -0.05) is 6.92 Å². The van der Waals surface area contributed by atoms with E-state index in [9.17, 15) is 4.39 Å². The van der Waals surface area contributed by atoms with E-state index in [0.717, 1.165) is 11.8 Å². The largest absolute Gasteiger partial charge is 0.383 e. The summed E-state index contributed by atoms with van der Waals surface area (Å²) in [5.41, 5.74) is 7.81. The van der Waals surface area contributed by atoms with Crippen molar-refractivity contribution in [1.82, 2.24) is 15.0 Å². The zero-order valence-corrected chi connectivity index (χ0v) is 8.81. The summed E-state index contributed by atoms with van der Waals surface area (Å²) in [6, 6.07) is 1.38. The highest BCUT2D eigenvalue weighted by Gasteiger charge is 2.10. The van der Waals surface area contributed by atoms with Gasteiger partial charge in [-0.15, -0.1) is 0 Å². The van der Waals surface area contributed by atoms with Crippen molar-refractivity contribution in [2.45, 2.75) is 13.3 Å². The zero-order valence-electron chi connectivity index (χ0n) is 8.81. The van der Waals surface area contributed by atoms with E-state index in [1.165, 1.54) is 12.4 Å². The molecule has 2 heterocycles. The predicted molar refractivity (Wildman–Crippen MR) is 59.0 cm³/mol. The molecule has 0 atom stereocenters. The van der Waals surface area contributed by atoms with Gasteiger partial charge in [0, 0.05) is 17.3 Å². The summed E-state index contributed by atoms with van der Waals surface area (Å²) in [6.07, 6.45) is 4.77. The van der Waals surface area contributed by atoms with Gasteiger partial charge >= 0.3 is 0 Å². The average Bonchev–Trinajstić information content (AvgIpc) is 2.28. The molecule has 4 nitrogen and oxygen atoms in total. The van der Waals surface area contributed by atoms with Gasteiger partial charge in [-0.25, -0.2) is 14.4 Å². The topological polar surface area (TPSA) is 64.7 Å². The monoisotopic (exact) mass is 218 g/mol. The van der Waals surface area contributed by atoms with E-state index in [2.05, 4.69) is 15.0 Å². The van der Waals surface area contributed by atoms with Gasteiger partial charge in [-0.05, 0) is 12.5 Å². The Balaban J connectivity index is 2.60. The number of halogens is 1. The second kappa shape index (κ2) is 4.22. The molecule has 0 saturated heterocycles. The second-order valence-corrected chi connectivity index (χ2v) is 3.33. The van der Waals surface area contributed by atoms with Crippen LogP contribution < -0.4 is 5.73 Å². The minimum Gasteiger partial charge on any atom is -0.383 e. The molecule has 0 aliphatic rings. The van der Waals surface area contributed by atoms with E-state index < -0.39 is 5.82 Å². The lowest BCUT2D eigenvalue weighted by atomic mass is 10.1. The highest BCUT2D eigenvalue weighted by Crippen LogP contribution is 2.24. The molecule has 0 spiro atoms. The van der Waals surface area contributed by atoms with E-state index >= 15 is 0 Å². The lowest BCUT2D eigenvalue weighted by molar-refractivity contribution is 0.622. The number of rotatable bonds is 2. The first-order valence-corrected chi connectivity index (χ1v) is 4.92. The average molecular weight is 218 g/mol. The van der Waals surface area contributed by atoms with Crippen LogP contribution in [0.5, 0.6) is 0 Å². The van der Waals surface area contributed by atoms with Crippen LogP contribution in [0.3, 0.4) is 0 Å². The van der Waals surface area contributed by atoms with Crippen molar-refractivity contribution in [2.24, 2.45) is 0 Å². The summed E-state index contributed by atoms with van der Waals surface area (Å²) in [6.45, 7) is 1.95. The first-order chi connectivity index (χ1) is 7.72. The Morgan fingerprint density at radius 3 is 2.81 bits per heavy atom. The molecule has 0 saturated carbocycles. The molecule has 16 heavy (non-hydrogen) atoms. The molecule has 2 aromatic rings. The third-order valence-corrected chi connectivity index (χ3v) is 2.31. The van der Waals surface area contributed by atoms with Crippen molar-refractivity contribution in [3.05, 3.63) is 36.2 Å². The molecule has 0 amide bonds. The highest BCUT2D eigenvalue weighted by atomic mass is 19.1. The third-order valence-electron chi connectivity index (χ3n) is 2.31. The minimum absolute atomic E-state index is 0.392. The Morgan fingerprint density at radius 2 is 2.12 bits per heavy atom. The molecular formula is C11H11FN4. The number of nitrogen functional groups attached to an aromatic ring is 1. The second-order valence-electron chi connectivity index (χ2n) is 3.33. The van der Waals surface area contributed by atoms with Crippen molar-refractivity contribution in [1.29, 1.82) is 0 Å². The Labute approximate surface area is 92.4 Å². The molecule has 2 N–H and O–H groups in total. The maximum absolute atomic E-state index is 13.1. The van der Waals surface area contributed by atoms with Crippen LogP contribution in [0, 0.1) is 5.82 Å². The molecule has 0 aliphatic heterocycles. The summed E-state index contributed by atoms with van der Waals surface area (Å²) in [4.78, 5) is 11.8. The smallest absolute Gasteiger partial charge is 0.142 e. The number of aromatic nitrogens is 3. The molecule has 0 aliphatic carbocycles. The maximum atomic E-state index is 13.1. The van der Waals surface area contributed by atoms with Crippen molar-refractivity contribution >= 4 is 5.82 Å². The third kappa shape index (κ3) is 1.84. The lowest BCUT2D eigenvalue weighted by Crippen LogP contribution is -2.01. The SMILES string of the molecule is CCc1c(N)ncnc1-c1cncc(F)c1. The quantitative estimate of drug-likeness (QED) is 0.835. The van der Waals surface area contributed by atoms with Gasteiger partial charge in [0.15, 0.2) is 0 Å². The van der Waals surface area contributed by atoms with Crippen LogP contribution in [0.2, 0.25) is 0 Å². The van der Waals surface area contributed by atoms with Gasteiger partial charge in [0.2, 0.25) is 0 Å². The summed E-state index contributed by atoms with van der Waals surface area (Å²) < 4.78 is 13.1. The summed E-state index contributed by atoms with van der Waals surface area (Å²) in [5.74, 6) is 0.0356. The molecule has 2 aromatic heterocycles. The van der Waals surface area contributed by atoms with Crippen LogP contribution in [-0.2, 0) is 6.42 Å². The fourth-order valence-corrected chi connectivity index (χ4v) is 1.56. The number of pyridine rings is 1. The van der Waals surface area contributed by atoms with E-state index in [1.54, 1.807) is 6.20 Å². The zero-order chi connectivity index (χ0) is 11.5. The van der Waals surface area contributed by atoms with Gasteiger partial charge in [0.05, 0.1) is 11.9 Å². The molecule has 0 unspecified atom stereocenters. The van der Waals surface area contributed by atoms with Crippen molar-refractivity contribution in [3.63, 3.8) is 0 Å². The molecule has 2 rings (SSSR count). The Bertz CT molecular complexity index is 513. The molecule has 0 bridgehead atoms. The molecule has 82 valence electrons. The first kappa shape index (κ1) is 10.5. The number of hydrogen-bond donors (Lipinski definition) is 1. The van der Waals surface area contributed by atoms with Crippen molar-refractivity contribution in [2.75, 3.05) is 5.73 Å². The molecular weight excluding hydrogens is 207 g/mol. The molecule has 0 fully saturated rings. The van der Waals surface area contributed by atoms with Crippen LogP contribution >= 0.6 is 0 Å². The van der Waals surface area contributed by atoms with Gasteiger partial charge in [0.1, 0.15) is 18.0 Å². The van der Waals surface area contributed by atoms with Gasteiger partial charge in [0.25, 0.3) is 0 Å². The van der Waals surface area contributed by atoms with Crippen LogP contribution in [0.25, 0.3) is 11.3 Å². The first-order valence-electron chi connectivity index (χ1n) is 4.92. The Kier molecular flexibility index (Phi) is 2.76. The Morgan fingerprint density at radius 1 is 1.31 bits per heavy atom. The van der Waals surface area contributed by atoms with E-state index in [4.69, 9.17) is 5.73 Å². The normalized spacial score (nSPS) is 10.4. The van der Waals surface area contributed by atoms with E-state index in [1.807, 2.05) is 6.92 Å². The molecule has 5 heteroatoms. The van der Waals surface area contributed by atoms with Crippen molar-refractivity contribution < 1.29 is 4.39 Å². The summed E-state index contributed by atoms with van der Waals surface area (Å²) >= 11 is 0. The highest BCUT2D eigenvalue weighted by molar-refractivity contribution is 5.66. The molecule has 0 aromatic carbocycles. The Hall–Kier alpha value is -2.04. The molecule has 0 radical (unpaired) electrons. The van der Waals surface area contributed by atoms with Gasteiger partial charge < -0.3 is 5.73 Å². The standard InChI is InChI=1S/C11H11FN4/c1-2-9-10(15-6-16-11(9)13)7-3-8(12)5-14-4-7/h3-6H,2H2,1H3,(H2,13,15,16). The van der Waals surface area contributed by atoms with Crippen LogP contribution in [0.15, 0.2) is 24.8 Å². The number of anilines is 1. The van der Waals surface area contributed by atoms with Crippen LogP contribution in [0.1, 0.15) is 12.5 Å². The van der Waals surface area contributed by atoms with E-state index in [-0.39, 0.29) is 0 Å². The van der Waals surface area contributed by atoms with Crippen LogP contribution in [0.4, 0.5) is 10.2 Å². The summed E-state index contributed by atoms with van der Waals surface area (Å²) in [5, 5.41) is 0.